The third-order valence-corrected chi connectivity index (χ3v) is 2.31. The van der Waals surface area contributed by atoms with Crippen molar-refractivity contribution >= 4 is 6.21 Å². The van der Waals surface area contributed by atoms with Gasteiger partial charge in [0.2, 0.25) is 0 Å². The van der Waals surface area contributed by atoms with Gasteiger partial charge in [-0.1, -0.05) is 29.3 Å². The van der Waals surface area contributed by atoms with Gasteiger partial charge in [0.25, 0.3) is 0 Å². The lowest BCUT2D eigenvalue weighted by molar-refractivity contribution is 0.619. The maximum Gasteiger partial charge on any atom is 0.0739 e. The Morgan fingerprint density at radius 1 is 1.23 bits per heavy atom. The highest BCUT2D eigenvalue weighted by molar-refractivity contribution is 5.60. The van der Waals surface area contributed by atoms with Gasteiger partial charge in [-0.2, -0.15) is 5.10 Å². The van der Waals surface area contributed by atoms with Crippen LogP contribution in [0.5, 0.6) is 0 Å². The molecule has 1 atom stereocenters. The first kappa shape index (κ1) is 8.30. The maximum absolute atomic E-state index is 4.03. The molecule has 1 aliphatic rings. The predicted molar refractivity (Wildman–Crippen MR) is 54.9 cm³/mol. The van der Waals surface area contributed by atoms with E-state index in [1.807, 2.05) is 6.21 Å². The molecule has 13 heavy (non-hydrogen) atoms. The summed E-state index contributed by atoms with van der Waals surface area (Å²) >= 11 is 0. The van der Waals surface area contributed by atoms with Gasteiger partial charge in [0.1, 0.15) is 0 Å². The standard InChI is InChI=1S/C11H14N2/c1-8-5-9(2)7-10(6-8)11-3-4-12-13-11/h4-7,11,13H,3H2,1-2H3. The second kappa shape index (κ2) is 3.21. The summed E-state index contributed by atoms with van der Waals surface area (Å²) in [4.78, 5) is 0. The minimum Gasteiger partial charge on any atom is -0.303 e. The third kappa shape index (κ3) is 1.72. The molecule has 1 unspecified atom stereocenters. The molecule has 1 aromatic rings. The van der Waals surface area contributed by atoms with Crippen molar-refractivity contribution in [1.29, 1.82) is 0 Å². The van der Waals surface area contributed by atoms with Crippen LogP contribution in [0, 0.1) is 13.8 Å². The molecular weight excluding hydrogens is 160 g/mol. The van der Waals surface area contributed by atoms with Gasteiger partial charge >= 0.3 is 0 Å². The summed E-state index contributed by atoms with van der Waals surface area (Å²) in [5.74, 6) is 0. The van der Waals surface area contributed by atoms with Crippen LogP contribution < -0.4 is 5.43 Å². The highest BCUT2D eigenvalue weighted by atomic mass is 15.3. The first-order valence-corrected chi connectivity index (χ1v) is 4.61. The van der Waals surface area contributed by atoms with E-state index < -0.39 is 0 Å². The van der Waals surface area contributed by atoms with Crippen LogP contribution in [0.2, 0.25) is 0 Å². The highest BCUT2D eigenvalue weighted by Gasteiger charge is 2.13. The number of benzene rings is 1. The molecule has 68 valence electrons. The van der Waals surface area contributed by atoms with E-state index in [1.165, 1.54) is 16.7 Å². The molecule has 0 saturated carbocycles. The van der Waals surface area contributed by atoms with E-state index in [4.69, 9.17) is 0 Å². The second-order valence-electron chi connectivity index (χ2n) is 3.65. The zero-order valence-corrected chi connectivity index (χ0v) is 8.04. The lowest BCUT2D eigenvalue weighted by Gasteiger charge is -2.11. The number of rotatable bonds is 1. The van der Waals surface area contributed by atoms with Crippen molar-refractivity contribution in [3.63, 3.8) is 0 Å². The summed E-state index contributed by atoms with van der Waals surface area (Å²) in [5, 5.41) is 4.03. The molecule has 0 aromatic heterocycles. The van der Waals surface area contributed by atoms with Crippen molar-refractivity contribution < 1.29 is 0 Å². The normalized spacial score (nSPS) is 20.3. The average Bonchev–Trinajstić information content (AvgIpc) is 2.53. The summed E-state index contributed by atoms with van der Waals surface area (Å²) in [6.45, 7) is 4.26. The van der Waals surface area contributed by atoms with Gasteiger partial charge in [0.15, 0.2) is 0 Å². The van der Waals surface area contributed by atoms with E-state index in [-0.39, 0.29) is 0 Å². The SMILES string of the molecule is Cc1cc(C)cc(C2CC=NN2)c1. The minimum atomic E-state index is 0.388. The largest absolute Gasteiger partial charge is 0.303 e. The highest BCUT2D eigenvalue weighted by Crippen LogP contribution is 2.21. The summed E-state index contributed by atoms with van der Waals surface area (Å²) in [7, 11) is 0. The van der Waals surface area contributed by atoms with Crippen LogP contribution in [-0.2, 0) is 0 Å². The molecular formula is C11H14N2. The van der Waals surface area contributed by atoms with Crippen LogP contribution in [0.4, 0.5) is 0 Å². The van der Waals surface area contributed by atoms with Crippen LogP contribution in [0.1, 0.15) is 29.2 Å². The summed E-state index contributed by atoms with van der Waals surface area (Å²) in [5.41, 5.74) is 7.09. The first-order chi connectivity index (χ1) is 6.25. The number of hydrazone groups is 1. The molecule has 0 bridgehead atoms. The lowest BCUT2D eigenvalue weighted by Crippen LogP contribution is -2.09. The molecule has 0 spiro atoms. The Balaban J connectivity index is 2.29. The van der Waals surface area contributed by atoms with Gasteiger partial charge in [0, 0.05) is 12.6 Å². The van der Waals surface area contributed by atoms with Crippen LogP contribution in [-0.4, -0.2) is 6.21 Å². The molecule has 1 aromatic carbocycles. The third-order valence-electron chi connectivity index (χ3n) is 2.31. The molecule has 0 saturated heterocycles. The number of hydrogen-bond acceptors (Lipinski definition) is 2. The Bertz CT molecular complexity index is 314. The molecule has 2 heteroatoms. The van der Waals surface area contributed by atoms with Crippen molar-refractivity contribution in [2.75, 3.05) is 0 Å². The zero-order chi connectivity index (χ0) is 9.26. The van der Waals surface area contributed by atoms with Crippen LogP contribution in [0.25, 0.3) is 0 Å². The number of aryl methyl sites for hydroxylation is 2. The Hall–Kier alpha value is -1.31. The second-order valence-corrected chi connectivity index (χ2v) is 3.65. The Kier molecular flexibility index (Phi) is 2.05. The monoisotopic (exact) mass is 174 g/mol. The van der Waals surface area contributed by atoms with E-state index >= 15 is 0 Å². The maximum atomic E-state index is 4.03. The zero-order valence-electron chi connectivity index (χ0n) is 8.04. The molecule has 1 heterocycles. The van der Waals surface area contributed by atoms with Gasteiger partial charge in [-0.25, -0.2) is 0 Å². The molecule has 0 radical (unpaired) electrons. The fourth-order valence-corrected chi connectivity index (χ4v) is 1.78. The van der Waals surface area contributed by atoms with Gasteiger partial charge in [-0.3, -0.25) is 0 Å². The topological polar surface area (TPSA) is 24.4 Å². The van der Waals surface area contributed by atoms with Crippen molar-refractivity contribution in [2.24, 2.45) is 5.10 Å². The molecule has 1 aliphatic heterocycles. The number of nitrogens with zero attached hydrogens (tertiary/aromatic N) is 1. The van der Waals surface area contributed by atoms with Crippen LogP contribution in [0.15, 0.2) is 23.3 Å². The van der Waals surface area contributed by atoms with Crippen molar-refractivity contribution in [1.82, 2.24) is 5.43 Å². The number of hydrogen-bond donors (Lipinski definition) is 1. The fraction of sp³-hybridized carbons (Fsp3) is 0.364. The van der Waals surface area contributed by atoms with Gasteiger partial charge in [0.05, 0.1) is 6.04 Å². The predicted octanol–water partition coefficient (Wildman–Crippen LogP) is 2.32. The van der Waals surface area contributed by atoms with Gasteiger partial charge in [-0.05, 0) is 19.4 Å². The van der Waals surface area contributed by atoms with E-state index in [0.717, 1.165) is 6.42 Å². The molecule has 2 rings (SSSR count). The summed E-state index contributed by atoms with van der Waals surface area (Å²) in [6.07, 6.45) is 2.94. The minimum absolute atomic E-state index is 0.388. The molecule has 0 amide bonds. The van der Waals surface area contributed by atoms with E-state index in [0.29, 0.717) is 6.04 Å². The average molecular weight is 174 g/mol. The van der Waals surface area contributed by atoms with Crippen molar-refractivity contribution in [3.05, 3.63) is 34.9 Å². The molecule has 0 aliphatic carbocycles. The van der Waals surface area contributed by atoms with Crippen LogP contribution in [0.3, 0.4) is 0 Å². The van der Waals surface area contributed by atoms with Gasteiger partial charge in [-0.15, -0.1) is 0 Å². The van der Waals surface area contributed by atoms with E-state index in [1.54, 1.807) is 0 Å². The van der Waals surface area contributed by atoms with Crippen molar-refractivity contribution in [2.45, 2.75) is 26.3 Å². The fourth-order valence-electron chi connectivity index (χ4n) is 1.78. The Morgan fingerprint density at radius 3 is 2.46 bits per heavy atom. The number of nitrogens with one attached hydrogen (secondary N) is 1. The molecule has 2 nitrogen and oxygen atoms in total. The van der Waals surface area contributed by atoms with Crippen LogP contribution >= 0.6 is 0 Å². The smallest absolute Gasteiger partial charge is 0.0739 e. The van der Waals surface area contributed by atoms with E-state index in [2.05, 4.69) is 42.6 Å². The molecule has 1 N–H and O–H groups in total. The molecule has 0 fully saturated rings. The summed E-state index contributed by atoms with van der Waals surface area (Å²) < 4.78 is 0. The quantitative estimate of drug-likeness (QED) is 0.694. The summed E-state index contributed by atoms with van der Waals surface area (Å²) in [6, 6.07) is 7.02. The van der Waals surface area contributed by atoms with Crippen molar-refractivity contribution in [3.8, 4) is 0 Å². The van der Waals surface area contributed by atoms with Gasteiger partial charge < -0.3 is 5.43 Å². The Labute approximate surface area is 78.7 Å². The first-order valence-electron chi connectivity index (χ1n) is 4.61. The Morgan fingerprint density at radius 2 is 1.92 bits per heavy atom. The lowest BCUT2D eigenvalue weighted by atomic mass is 10.0. The van der Waals surface area contributed by atoms with E-state index in [9.17, 15) is 0 Å².